The van der Waals surface area contributed by atoms with Crippen molar-refractivity contribution in [2.45, 2.75) is 0 Å². The highest BCUT2D eigenvalue weighted by atomic mass is 32.1. The van der Waals surface area contributed by atoms with Gasteiger partial charge in [0.15, 0.2) is 0 Å². The van der Waals surface area contributed by atoms with Crippen molar-refractivity contribution in [2.75, 3.05) is 5.73 Å². The summed E-state index contributed by atoms with van der Waals surface area (Å²) in [5.41, 5.74) is 10.8. The third-order valence-electron chi connectivity index (χ3n) is 2.96. The molecule has 0 bridgehead atoms. The second-order valence-corrected chi connectivity index (χ2v) is 5.31. The number of phenols is 1. The molecule has 0 saturated carbocycles. The standard InChI is InChI=1S/C17H12N2OS/c18-15-8-4-3-6-12(15)5-1-2-7-13-9-14(20)10-16-17(13)19-11-21-16/h2-4,6-11,20H,18H2. The largest absolute Gasteiger partial charge is 0.508 e. The van der Waals surface area contributed by atoms with Crippen LogP contribution < -0.4 is 5.73 Å². The van der Waals surface area contributed by atoms with Gasteiger partial charge in [0.1, 0.15) is 5.75 Å². The zero-order valence-corrected chi connectivity index (χ0v) is 11.9. The second-order valence-electron chi connectivity index (χ2n) is 4.42. The molecule has 0 fully saturated rings. The Balaban J connectivity index is 1.90. The number of phenolic OH excluding ortho intramolecular Hbond substituents is 1. The molecule has 21 heavy (non-hydrogen) atoms. The first-order chi connectivity index (χ1) is 10.2. The number of nitrogen functional groups attached to an aromatic ring is 1. The predicted octanol–water partition coefficient (Wildman–Crippen LogP) is 3.65. The lowest BCUT2D eigenvalue weighted by atomic mass is 10.1. The number of thiazole rings is 1. The third-order valence-corrected chi connectivity index (χ3v) is 3.74. The second kappa shape index (κ2) is 5.70. The van der Waals surface area contributed by atoms with Gasteiger partial charge in [-0.2, -0.15) is 0 Å². The molecule has 3 nitrogen and oxygen atoms in total. The Kier molecular flexibility index (Phi) is 3.59. The van der Waals surface area contributed by atoms with Crippen molar-refractivity contribution in [3.8, 4) is 17.6 Å². The summed E-state index contributed by atoms with van der Waals surface area (Å²) in [5, 5.41) is 9.69. The van der Waals surface area contributed by atoms with Gasteiger partial charge in [0.25, 0.3) is 0 Å². The monoisotopic (exact) mass is 292 g/mol. The third kappa shape index (κ3) is 2.88. The van der Waals surface area contributed by atoms with Crippen LogP contribution in [0.3, 0.4) is 0 Å². The van der Waals surface area contributed by atoms with Crippen LogP contribution in [-0.4, -0.2) is 10.1 Å². The number of anilines is 1. The molecule has 2 aromatic carbocycles. The first-order valence-electron chi connectivity index (χ1n) is 6.33. The van der Waals surface area contributed by atoms with E-state index in [2.05, 4.69) is 16.8 Å². The maximum atomic E-state index is 9.69. The Morgan fingerprint density at radius 1 is 1.24 bits per heavy atom. The molecule has 0 saturated heterocycles. The number of nitrogens with zero attached hydrogens (tertiary/aromatic N) is 1. The number of aromatic nitrogens is 1. The quantitative estimate of drug-likeness (QED) is 0.531. The minimum absolute atomic E-state index is 0.228. The first-order valence-corrected chi connectivity index (χ1v) is 7.21. The number of aromatic hydroxyl groups is 1. The number of allylic oxidation sites excluding steroid dienone is 1. The average Bonchev–Trinajstić information content (AvgIpc) is 2.93. The molecule has 3 aromatic rings. The first kappa shape index (κ1) is 13.2. The van der Waals surface area contributed by atoms with Crippen LogP contribution in [-0.2, 0) is 0 Å². The molecule has 0 unspecified atom stereocenters. The van der Waals surface area contributed by atoms with Crippen molar-refractivity contribution in [1.29, 1.82) is 0 Å². The van der Waals surface area contributed by atoms with Gasteiger partial charge in [0.05, 0.1) is 15.7 Å². The van der Waals surface area contributed by atoms with Crippen molar-refractivity contribution in [3.05, 3.63) is 59.1 Å². The summed E-state index contributed by atoms with van der Waals surface area (Å²) in [5.74, 6) is 6.18. The number of hydrogen-bond donors (Lipinski definition) is 2. The molecule has 0 aliphatic carbocycles. The van der Waals surface area contributed by atoms with Crippen molar-refractivity contribution >= 4 is 33.3 Å². The van der Waals surface area contributed by atoms with Crippen LogP contribution >= 0.6 is 11.3 Å². The molecular weight excluding hydrogens is 280 g/mol. The van der Waals surface area contributed by atoms with E-state index in [1.54, 1.807) is 23.7 Å². The molecule has 0 radical (unpaired) electrons. The molecular formula is C17H12N2OS. The van der Waals surface area contributed by atoms with Gasteiger partial charge in [-0.1, -0.05) is 24.0 Å². The van der Waals surface area contributed by atoms with Crippen molar-refractivity contribution in [1.82, 2.24) is 4.98 Å². The SMILES string of the molecule is Nc1ccccc1C#CC=Cc1cc(O)cc2scnc12. The predicted molar refractivity (Wildman–Crippen MR) is 88.1 cm³/mol. The summed E-state index contributed by atoms with van der Waals surface area (Å²) in [6, 6.07) is 10.9. The Labute approximate surface area is 126 Å². The zero-order valence-electron chi connectivity index (χ0n) is 11.1. The maximum absolute atomic E-state index is 9.69. The van der Waals surface area contributed by atoms with Gasteiger partial charge >= 0.3 is 0 Å². The number of benzene rings is 2. The fraction of sp³-hybridized carbons (Fsp3) is 0. The molecule has 0 atom stereocenters. The van der Waals surface area contributed by atoms with E-state index < -0.39 is 0 Å². The van der Waals surface area contributed by atoms with Gasteiger partial charge in [-0.25, -0.2) is 4.98 Å². The van der Waals surface area contributed by atoms with Crippen LogP contribution in [0.1, 0.15) is 11.1 Å². The smallest absolute Gasteiger partial charge is 0.117 e. The fourth-order valence-corrected chi connectivity index (χ4v) is 2.71. The van der Waals surface area contributed by atoms with E-state index in [4.69, 9.17) is 5.73 Å². The van der Waals surface area contributed by atoms with Crippen LogP contribution in [0.2, 0.25) is 0 Å². The minimum Gasteiger partial charge on any atom is -0.508 e. The summed E-state index contributed by atoms with van der Waals surface area (Å²) in [6.45, 7) is 0. The molecule has 0 aliphatic rings. The number of hydrogen-bond acceptors (Lipinski definition) is 4. The van der Waals surface area contributed by atoms with Gasteiger partial charge < -0.3 is 10.8 Å². The number of para-hydroxylation sites is 1. The molecule has 4 heteroatoms. The van der Waals surface area contributed by atoms with Gasteiger partial charge in [0.2, 0.25) is 0 Å². The van der Waals surface area contributed by atoms with Crippen LogP contribution in [0.4, 0.5) is 5.69 Å². The van der Waals surface area contributed by atoms with Crippen LogP contribution in [0.15, 0.2) is 48.0 Å². The minimum atomic E-state index is 0.228. The normalized spacial score (nSPS) is 10.7. The summed E-state index contributed by atoms with van der Waals surface area (Å²) >= 11 is 1.50. The van der Waals surface area contributed by atoms with E-state index in [0.29, 0.717) is 5.69 Å². The van der Waals surface area contributed by atoms with Gasteiger partial charge in [-0.15, -0.1) is 11.3 Å². The van der Waals surface area contributed by atoms with Gasteiger partial charge in [-0.05, 0) is 36.4 Å². The highest BCUT2D eigenvalue weighted by molar-refractivity contribution is 7.16. The topological polar surface area (TPSA) is 59.1 Å². The molecule has 102 valence electrons. The summed E-state index contributed by atoms with van der Waals surface area (Å²) in [7, 11) is 0. The molecule has 1 heterocycles. The lowest BCUT2D eigenvalue weighted by Gasteiger charge is -1.97. The van der Waals surface area contributed by atoms with E-state index in [9.17, 15) is 5.11 Å². The van der Waals surface area contributed by atoms with Crippen LogP contribution in [0.25, 0.3) is 16.3 Å². The highest BCUT2D eigenvalue weighted by Crippen LogP contribution is 2.27. The number of rotatable bonds is 1. The molecule has 0 amide bonds. The summed E-state index contributed by atoms with van der Waals surface area (Å²) in [4.78, 5) is 4.30. The van der Waals surface area contributed by atoms with E-state index in [0.717, 1.165) is 21.3 Å². The molecule has 1 aromatic heterocycles. The Morgan fingerprint density at radius 2 is 2.10 bits per heavy atom. The van der Waals surface area contributed by atoms with Gasteiger partial charge in [-0.3, -0.25) is 0 Å². The van der Waals surface area contributed by atoms with Crippen molar-refractivity contribution < 1.29 is 5.11 Å². The number of fused-ring (bicyclic) bond motifs is 1. The van der Waals surface area contributed by atoms with E-state index in [1.807, 2.05) is 30.3 Å². The van der Waals surface area contributed by atoms with Crippen molar-refractivity contribution in [2.24, 2.45) is 0 Å². The van der Waals surface area contributed by atoms with Crippen LogP contribution in [0.5, 0.6) is 5.75 Å². The summed E-state index contributed by atoms with van der Waals surface area (Å²) < 4.78 is 0.954. The fourth-order valence-electron chi connectivity index (χ4n) is 1.97. The summed E-state index contributed by atoms with van der Waals surface area (Å²) in [6.07, 6.45) is 3.58. The van der Waals surface area contributed by atoms with Crippen LogP contribution in [0, 0.1) is 11.8 Å². The highest BCUT2D eigenvalue weighted by Gasteiger charge is 2.03. The lowest BCUT2D eigenvalue weighted by Crippen LogP contribution is -1.87. The Bertz CT molecular complexity index is 884. The molecule has 0 spiro atoms. The van der Waals surface area contributed by atoms with E-state index in [-0.39, 0.29) is 5.75 Å². The average molecular weight is 292 g/mol. The van der Waals surface area contributed by atoms with Crippen molar-refractivity contribution in [3.63, 3.8) is 0 Å². The Morgan fingerprint density at radius 3 is 2.95 bits per heavy atom. The van der Waals surface area contributed by atoms with Gasteiger partial charge in [0, 0.05) is 16.8 Å². The molecule has 3 N–H and O–H groups in total. The maximum Gasteiger partial charge on any atom is 0.117 e. The zero-order chi connectivity index (χ0) is 14.7. The van der Waals surface area contributed by atoms with E-state index in [1.165, 1.54) is 11.3 Å². The molecule has 3 rings (SSSR count). The lowest BCUT2D eigenvalue weighted by molar-refractivity contribution is 0.476. The molecule has 0 aliphatic heterocycles. The number of nitrogens with two attached hydrogens (primary N) is 1. The Hall–Kier alpha value is -2.77. The van der Waals surface area contributed by atoms with E-state index >= 15 is 0 Å².